The number of ether oxygens (including phenoxy) is 1. The van der Waals surface area contributed by atoms with Crippen LogP contribution in [-0.2, 0) is 6.42 Å². The number of nitrogens with zero attached hydrogens (tertiary/aromatic N) is 3. The minimum atomic E-state index is 0.111. The highest BCUT2D eigenvalue weighted by molar-refractivity contribution is 5.94. The van der Waals surface area contributed by atoms with Crippen LogP contribution in [0.15, 0.2) is 42.5 Å². The molecule has 0 bridgehead atoms. The van der Waals surface area contributed by atoms with Gasteiger partial charge < -0.3 is 14.5 Å². The Bertz CT molecular complexity index is 745. The molecule has 1 amide bonds. The molecule has 0 aliphatic carbocycles. The van der Waals surface area contributed by atoms with Crippen molar-refractivity contribution in [2.45, 2.75) is 26.7 Å². The number of aromatic nitrogens is 1. The molecule has 3 rings (SSSR count). The van der Waals surface area contributed by atoms with Crippen molar-refractivity contribution in [1.29, 1.82) is 0 Å². The zero-order valence-electron chi connectivity index (χ0n) is 16.4. The number of carbonyl (C=O) groups is 1. The van der Waals surface area contributed by atoms with Crippen LogP contribution < -0.4 is 4.74 Å². The third-order valence-electron chi connectivity index (χ3n) is 4.92. The second-order valence-electron chi connectivity index (χ2n) is 6.97. The van der Waals surface area contributed by atoms with E-state index in [1.54, 1.807) is 0 Å². The molecule has 1 aromatic carbocycles. The van der Waals surface area contributed by atoms with E-state index in [4.69, 9.17) is 4.74 Å². The van der Waals surface area contributed by atoms with Crippen LogP contribution in [0.3, 0.4) is 0 Å². The highest BCUT2D eigenvalue weighted by Crippen LogP contribution is 2.15. The van der Waals surface area contributed by atoms with Crippen LogP contribution in [-0.4, -0.2) is 60.0 Å². The molecule has 0 atom stereocenters. The van der Waals surface area contributed by atoms with Crippen molar-refractivity contribution in [3.05, 3.63) is 59.4 Å². The Hall–Kier alpha value is -2.40. The summed E-state index contributed by atoms with van der Waals surface area (Å²) in [6, 6.07) is 13.6. The van der Waals surface area contributed by atoms with Crippen molar-refractivity contribution >= 4 is 5.91 Å². The fraction of sp³-hybridized carbons (Fsp3) is 0.455. The van der Waals surface area contributed by atoms with Crippen molar-refractivity contribution in [2.24, 2.45) is 0 Å². The van der Waals surface area contributed by atoms with Crippen molar-refractivity contribution in [3.63, 3.8) is 0 Å². The van der Waals surface area contributed by atoms with Crippen LogP contribution in [0.5, 0.6) is 5.75 Å². The van der Waals surface area contributed by atoms with Gasteiger partial charge in [0.1, 0.15) is 5.75 Å². The first-order valence-corrected chi connectivity index (χ1v) is 9.82. The number of hydrogen-bond donors (Lipinski definition) is 0. The Kier molecular flexibility index (Phi) is 6.82. The van der Waals surface area contributed by atoms with E-state index >= 15 is 0 Å². The molecule has 144 valence electrons. The molecule has 0 spiro atoms. The molecule has 1 fully saturated rings. The van der Waals surface area contributed by atoms with Crippen molar-refractivity contribution in [1.82, 2.24) is 14.8 Å². The minimum absolute atomic E-state index is 0.111. The lowest BCUT2D eigenvalue weighted by atomic mass is 10.2. The van der Waals surface area contributed by atoms with Gasteiger partial charge in [-0.25, -0.2) is 0 Å². The molecule has 1 aliphatic rings. The molecule has 2 aromatic rings. The lowest BCUT2D eigenvalue weighted by Gasteiger charge is -2.22. The molecule has 2 heterocycles. The lowest BCUT2D eigenvalue weighted by molar-refractivity contribution is 0.0761. The van der Waals surface area contributed by atoms with Crippen LogP contribution in [0.25, 0.3) is 0 Å². The Labute approximate surface area is 162 Å². The molecular formula is C22H29N3O2. The van der Waals surface area contributed by atoms with Gasteiger partial charge in [-0.1, -0.05) is 6.07 Å². The molecule has 0 unspecified atom stereocenters. The van der Waals surface area contributed by atoms with Crippen molar-refractivity contribution in [2.75, 3.05) is 39.3 Å². The third-order valence-corrected chi connectivity index (χ3v) is 4.92. The Balaban J connectivity index is 1.52. The van der Waals surface area contributed by atoms with Gasteiger partial charge in [0, 0.05) is 49.6 Å². The fourth-order valence-electron chi connectivity index (χ4n) is 3.45. The van der Waals surface area contributed by atoms with E-state index in [1.807, 2.05) is 49.1 Å². The number of carbonyl (C=O) groups excluding carboxylic acids is 1. The number of amides is 1. The summed E-state index contributed by atoms with van der Waals surface area (Å²) in [5.41, 5.74) is 2.94. The minimum Gasteiger partial charge on any atom is -0.494 e. The Morgan fingerprint density at radius 1 is 1.07 bits per heavy atom. The first-order chi connectivity index (χ1) is 13.2. The van der Waals surface area contributed by atoms with Gasteiger partial charge in [-0.15, -0.1) is 0 Å². The SMILES string of the molecule is CCOc1ccc(C(=O)N2CCCN(CCc3cccc(C)n3)CC2)cc1. The van der Waals surface area contributed by atoms with E-state index in [1.165, 1.54) is 0 Å². The quantitative estimate of drug-likeness (QED) is 0.787. The van der Waals surface area contributed by atoms with Gasteiger partial charge in [0.05, 0.1) is 6.61 Å². The van der Waals surface area contributed by atoms with E-state index in [0.29, 0.717) is 6.61 Å². The summed E-state index contributed by atoms with van der Waals surface area (Å²) < 4.78 is 5.45. The maximum Gasteiger partial charge on any atom is 0.253 e. The monoisotopic (exact) mass is 367 g/mol. The van der Waals surface area contributed by atoms with Crippen molar-refractivity contribution in [3.8, 4) is 5.75 Å². The number of benzene rings is 1. The summed E-state index contributed by atoms with van der Waals surface area (Å²) in [7, 11) is 0. The molecule has 27 heavy (non-hydrogen) atoms. The standard InChI is InChI=1S/C22H29N3O2/c1-3-27-21-10-8-19(9-11-21)22(26)25-14-5-13-24(16-17-25)15-12-20-7-4-6-18(2)23-20/h4,6-11H,3,5,12-17H2,1-2H3. The molecule has 0 saturated carbocycles. The summed E-state index contributed by atoms with van der Waals surface area (Å²) in [6.07, 6.45) is 1.96. The zero-order chi connectivity index (χ0) is 19.1. The van der Waals surface area contributed by atoms with Crippen LogP contribution in [0.2, 0.25) is 0 Å². The smallest absolute Gasteiger partial charge is 0.253 e. The molecule has 1 saturated heterocycles. The Morgan fingerprint density at radius 3 is 2.63 bits per heavy atom. The van der Waals surface area contributed by atoms with Crippen LogP contribution in [0, 0.1) is 6.92 Å². The zero-order valence-corrected chi connectivity index (χ0v) is 16.4. The molecule has 0 N–H and O–H groups in total. The number of aryl methyl sites for hydroxylation is 1. The van der Waals surface area contributed by atoms with Gasteiger partial charge >= 0.3 is 0 Å². The molecular weight excluding hydrogens is 338 g/mol. The van der Waals surface area contributed by atoms with Crippen LogP contribution in [0.1, 0.15) is 35.1 Å². The summed E-state index contributed by atoms with van der Waals surface area (Å²) in [4.78, 5) is 21.8. The fourth-order valence-corrected chi connectivity index (χ4v) is 3.45. The normalized spacial score (nSPS) is 15.4. The molecule has 0 radical (unpaired) electrons. The molecule has 1 aliphatic heterocycles. The van der Waals surface area contributed by atoms with Gasteiger partial charge in [0.15, 0.2) is 0 Å². The molecule has 5 nitrogen and oxygen atoms in total. The van der Waals surface area contributed by atoms with Crippen molar-refractivity contribution < 1.29 is 9.53 Å². The second-order valence-corrected chi connectivity index (χ2v) is 6.97. The molecule has 5 heteroatoms. The van der Waals surface area contributed by atoms with Crippen LogP contribution >= 0.6 is 0 Å². The summed E-state index contributed by atoms with van der Waals surface area (Å²) >= 11 is 0. The largest absolute Gasteiger partial charge is 0.494 e. The van der Waals surface area contributed by atoms with Gasteiger partial charge in [0.2, 0.25) is 0 Å². The van der Waals surface area contributed by atoms with Gasteiger partial charge in [-0.2, -0.15) is 0 Å². The summed E-state index contributed by atoms with van der Waals surface area (Å²) in [5, 5.41) is 0. The lowest BCUT2D eigenvalue weighted by Crippen LogP contribution is -2.35. The van der Waals surface area contributed by atoms with E-state index in [9.17, 15) is 4.79 Å². The van der Waals surface area contributed by atoms with E-state index in [-0.39, 0.29) is 5.91 Å². The highest BCUT2D eigenvalue weighted by Gasteiger charge is 2.20. The second kappa shape index (κ2) is 9.51. The first kappa shape index (κ1) is 19.4. The van der Waals surface area contributed by atoms with E-state index in [0.717, 1.165) is 68.3 Å². The van der Waals surface area contributed by atoms with Crippen LogP contribution in [0.4, 0.5) is 0 Å². The molecule has 1 aromatic heterocycles. The highest BCUT2D eigenvalue weighted by atomic mass is 16.5. The van der Waals surface area contributed by atoms with E-state index < -0.39 is 0 Å². The predicted octanol–water partition coefficient (Wildman–Crippen LogP) is 3.18. The summed E-state index contributed by atoms with van der Waals surface area (Å²) in [5.74, 6) is 0.918. The van der Waals surface area contributed by atoms with Gasteiger partial charge in [-0.05, 0) is 63.2 Å². The predicted molar refractivity (Wildman–Crippen MR) is 107 cm³/mol. The maximum absolute atomic E-state index is 12.8. The summed E-state index contributed by atoms with van der Waals surface area (Å²) in [6.45, 7) is 9.12. The first-order valence-electron chi connectivity index (χ1n) is 9.82. The maximum atomic E-state index is 12.8. The van der Waals surface area contributed by atoms with E-state index in [2.05, 4.69) is 22.0 Å². The number of pyridine rings is 1. The number of rotatable bonds is 6. The average molecular weight is 367 g/mol. The average Bonchev–Trinajstić information content (AvgIpc) is 2.92. The topological polar surface area (TPSA) is 45.7 Å². The Morgan fingerprint density at radius 2 is 1.89 bits per heavy atom. The number of hydrogen-bond acceptors (Lipinski definition) is 4. The van der Waals surface area contributed by atoms with Gasteiger partial charge in [-0.3, -0.25) is 9.78 Å². The van der Waals surface area contributed by atoms with Gasteiger partial charge in [0.25, 0.3) is 5.91 Å². The third kappa shape index (κ3) is 5.54.